The number of ether oxygens (including phenoxy) is 1. The zero-order valence-corrected chi connectivity index (χ0v) is 15.1. The highest BCUT2D eigenvalue weighted by molar-refractivity contribution is 7.93. The Labute approximate surface area is 150 Å². The van der Waals surface area contributed by atoms with Gasteiger partial charge < -0.3 is 9.84 Å². The van der Waals surface area contributed by atoms with Gasteiger partial charge >= 0.3 is 5.97 Å². The van der Waals surface area contributed by atoms with Gasteiger partial charge in [0, 0.05) is 17.5 Å². The van der Waals surface area contributed by atoms with Gasteiger partial charge in [-0.3, -0.25) is 4.31 Å². The molecule has 25 heavy (non-hydrogen) atoms. The molecule has 0 aliphatic carbocycles. The molecule has 1 aliphatic rings. The van der Waals surface area contributed by atoms with E-state index in [4.69, 9.17) is 16.3 Å². The lowest BCUT2D eigenvalue weighted by Gasteiger charge is -2.21. The minimum absolute atomic E-state index is 0.0334. The quantitative estimate of drug-likeness (QED) is 0.877. The average Bonchev–Trinajstić information content (AvgIpc) is 2.92. The Hall–Kier alpha value is -2.25. The van der Waals surface area contributed by atoms with E-state index in [2.05, 4.69) is 0 Å². The largest absolute Gasteiger partial charge is 0.495 e. The van der Waals surface area contributed by atoms with Gasteiger partial charge in [-0.05, 0) is 35.9 Å². The summed E-state index contributed by atoms with van der Waals surface area (Å²) < 4.78 is 32.8. The first-order chi connectivity index (χ1) is 11.8. The molecule has 2 aromatic carbocycles. The molecule has 0 amide bonds. The Morgan fingerprint density at radius 2 is 2.00 bits per heavy atom. The standard InChI is InChI=1S/C17H16ClNO5S/c1-10-9-19(14-7-11(17(20)21)3-5-13(10)14)25(22,23)16-8-12(18)4-6-15(16)24-2/h3-8,10H,9H2,1-2H3,(H,20,21). The van der Waals surface area contributed by atoms with Crippen molar-refractivity contribution >= 4 is 33.3 Å². The molecule has 0 fully saturated rings. The molecule has 0 saturated heterocycles. The molecule has 0 saturated carbocycles. The van der Waals surface area contributed by atoms with Gasteiger partial charge in [-0.2, -0.15) is 0 Å². The smallest absolute Gasteiger partial charge is 0.335 e. The predicted molar refractivity (Wildman–Crippen MR) is 94.4 cm³/mol. The molecule has 0 spiro atoms. The van der Waals surface area contributed by atoms with Gasteiger partial charge in [0.25, 0.3) is 10.0 Å². The summed E-state index contributed by atoms with van der Waals surface area (Å²) in [5.74, 6) is -0.988. The first kappa shape index (κ1) is 17.6. The molecule has 1 N–H and O–H groups in total. The van der Waals surface area contributed by atoms with Crippen LogP contribution < -0.4 is 9.04 Å². The second-order valence-corrected chi connectivity index (χ2v) is 8.08. The molecule has 8 heteroatoms. The molecule has 3 rings (SSSR count). The van der Waals surface area contributed by atoms with Crippen molar-refractivity contribution in [3.63, 3.8) is 0 Å². The van der Waals surface area contributed by atoms with Crippen LogP contribution >= 0.6 is 11.6 Å². The summed E-state index contributed by atoms with van der Waals surface area (Å²) in [5.41, 5.74) is 1.19. The van der Waals surface area contributed by atoms with Crippen molar-refractivity contribution in [3.05, 3.63) is 52.5 Å². The normalized spacial score (nSPS) is 16.6. The molecular weight excluding hydrogens is 366 g/mol. The minimum Gasteiger partial charge on any atom is -0.495 e. The van der Waals surface area contributed by atoms with E-state index in [9.17, 15) is 18.3 Å². The van der Waals surface area contributed by atoms with Crippen molar-refractivity contribution in [2.75, 3.05) is 18.0 Å². The van der Waals surface area contributed by atoms with Crippen LogP contribution in [0, 0.1) is 0 Å². The highest BCUT2D eigenvalue weighted by Crippen LogP contribution is 2.41. The molecule has 132 valence electrons. The van der Waals surface area contributed by atoms with Gasteiger partial charge in [-0.15, -0.1) is 0 Å². The van der Waals surface area contributed by atoms with E-state index >= 15 is 0 Å². The highest BCUT2D eigenvalue weighted by Gasteiger charge is 2.36. The van der Waals surface area contributed by atoms with Crippen LogP contribution in [0.25, 0.3) is 0 Å². The maximum absolute atomic E-state index is 13.2. The maximum atomic E-state index is 13.2. The first-order valence-electron chi connectivity index (χ1n) is 7.49. The van der Waals surface area contributed by atoms with Gasteiger partial charge in [-0.25, -0.2) is 13.2 Å². The Morgan fingerprint density at radius 1 is 1.28 bits per heavy atom. The van der Waals surface area contributed by atoms with E-state index < -0.39 is 16.0 Å². The molecule has 0 aromatic heterocycles. The Balaban J connectivity index is 2.17. The van der Waals surface area contributed by atoms with E-state index in [1.54, 1.807) is 12.1 Å². The maximum Gasteiger partial charge on any atom is 0.335 e. The number of fused-ring (bicyclic) bond motifs is 1. The van der Waals surface area contributed by atoms with Crippen molar-refractivity contribution in [3.8, 4) is 5.75 Å². The number of hydrogen-bond acceptors (Lipinski definition) is 4. The highest BCUT2D eigenvalue weighted by atomic mass is 35.5. The Morgan fingerprint density at radius 3 is 2.64 bits per heavy atom. The molecular formula is C17H16ClNO5S. The van der Waals surface area contributed by atoms with E-state index in [1.807, 2.05) is 6.92 Å². The third kappa shape index (κ3) is 2.94. The SMILES string of the molecule is COc1ccc(Cl)cc1S(=O)(=O)N1CC(C)c2ccc(C(=O)O)cc21. The third-order valence-corrected chi connectivity index (χ3v) is 6.25. The zero-order chi connectivity index (χ0) is 18.4. The van der Waals surface area contributed by atoms with Gasteiger partial charge in [0.15, 0.2) is 0 Å². The minimum atomic E-state index is -3.96. The summed E-state index contributed by atoms with van der Waals surface area (Å²) in [4.78, 5) is 11.2. The fourth-order valence-electron chi connectivity index (χ4n) is 2.95. The number of rotatable bonds is 4. The number of carbonyl (C=O) groups is 1. The van der Waals surface area contributed by atoms with Gasteiger partial charge in [0.1, 0.15) is 10.6 Å². The molecule has 2 aromatic rings. The van der Waals surface area contributed by atoms with Crippen LogP contribution in [-0.2, 0) is 10.0 Å². The number of carboxylic acids is 1. The van der Waals surface area contributed by atoms with Crippen LogP contribution in [0.2, 0.25) is 5.02 Å². The van der Waals surface area contributed by atoms with Crippen molar-refractivity contribution in [2.45, 2.75) is 17.7 Å². The van der Waals surface area contributed by atoms with Crippen LogP contribution in [-0.4, -0.2) is 33.1 Å². The van der Waals surface area contributed by atoms with Crippen molar-refractivity contribution in [1.29, 1.82) is 0 Å². The fourth-order valence-corrected chi connectivity index (χ4v) is 4.95. The summed E-state index contributed by atoms with van der Waals surface area (Å²) in [6, 6.07) is 8.89. The molecule has 1 atom stereocenters. The summed E-state index contributed by atoms with van der Waals surface area (Å²) in [6.07, 6.45) is 0. The molecule has 0 radical (unpaired) electrons. The van der Waals surface area contributed by atoms with Crippen molar-refractivity contribution < 1.29 is 23.1 Å². The Bertz CT molecular complexity index is 958. The second kappa shape index (κ2) is 6.24. The third-order valence-electron chi connectivity index (χ3n) is 4.21. The zero-order valence-electron chi connectivity index (χ0n) is 13.6. The molecule has 1 heterocycles. The number of methoxy groups -OCH3 is 1. The van der Waals surface area contributed by atoms with Crippen LogP contribution in [0.4, 0.5) is 5.69 Å². The molecule has 1 aliphatic heterocycles. The number of carboxylic acid groups (broad SMARTS) is 1. The van der Waals surface area contributed by atoms with Gasteiger partial charge in [0.2, 0.25) is 0 Å². The van der Waals surface area contributed by atoms with E-state index in [0.29, 0.717) is 5.69 Å². The number of halogens is 1. The number of benzene rings is 2. The molecule has 0 bridgehead atoms. The summed E-state index contributed by atoms with van der Waals surface area (Å²) in [7, 11) is -2.58. The van der Waals surface area contributed by atoms with Crippen molar-refractivity contribution in [2.24, 2.45) is 0 Å². The number of hydrogen-bond donors (Lipinski definition) is 1. The van der Waals surface area contributed by atoms with Gasteiger partial charge in [0.05, 0.1) is 18.4 Å². The summed E-state index contributed by atoms with van der Waals surface area (Å²) in [5, 5.41) is 9.47. The lowest BCUT2D eigenvalue weighted by Crippen LogP contribution is -2.30. The van der Waals surface area contributed by atoms with Gasteiger partial charge in [-0.1, -0.05) is 24.6 Å². The summed E-state index contributed by atoms with van der Waals surface area (Å²) >= 11 is 5.97. The fraction of sp³-hybridized carbons (Fsp3) is 0.235. The average molecular weight is 382 g/mol. The number of anilines is 1. The number of aromatic carboxylic acids is 1. The van der Waals surface area contributed by atoms with E-state index in [-0.39, 0.29) is 33.7 Å². The summed E-state index contributed by atoms with van der Waals surface area (Å²) in [6.45, 7) is 2.11. The molecule has 1 unspecified atom stereocenters. The van der Waals surface area contributed by atoms with Crippen LogP contribution in [0.5, 0.6) is 5.75 Å². The lowest BCUT2D eigenvalue weighted by molar-refractivity contribution is 0.0697. The second-order valence-electron chi connectivity index (χ2n) is 5.81. The van der Waals surface area contributed by atoms with Crippen LogP contribution in [0.15, 0.2) is 41.3 Å². The number of sulfonamides is 1. The van der Waals surface area contributed by atoms with E-state index in [0.717, 1.165) is 5.56 Å². The monoisotopic (exact) mass is 381 g/mol. The van der Waals surface area contributed by atoms with Crippen LogP contribution in [0.3, 0.4) is 0 Å². The number of nitrogens with zero attached hydrogens (tertiary/aromatic N) is 1. The lowest BCUT2D eigenvalue weighted by atomic mass is 10.0. The van der Waals surface area contributed by atoms with E-state index in [1.165, 1.54) is 35.7 Å². The van der Waals surface area contributed by atoms with Crippen LogP contribution in [0.1, 0.15) is 28.8 Å². The first-order valence-corrected chi connectivity index (χ1v) is 9.31. The topological polar surface area (TPSA) is 83.9 Å². The molecule has 6 nitrogen and oxygen atoms in total. The van der Waals surface area contributed by atoms with Crippen molar-refractivity contribution in [1.82, 2.24) is 0 Å². The Kier molecular flexibility index (Phi) is 4.38. The predicted octanol–water partition coefficient (Wildman–Crippen LogP) is 3.36.